The Bertz CT molecular complexity index is 218. The third-order valence-electron chi connectivity index (χ3n) is 3.82. The van der Waals surface area contributed by atoms with Gasteiger partial charge in [-0.15, -0.1) is 0 Å². The van der Waals surface area contributed by atoms with Crippen LogP contribution in [0.5, 0.6) is 0 Å². The minimum atomic E-state index is -1.81. The molecule has 0 aliphatic heterocycles. The average Bonchev–Trinajstić information content (AvgIpc) is 2.15. The molecule has 4 atom stereocenters. The first-order chi connectivity index (χ1) is 5.81. The van der Waals surface area contributed by atoms with E-state index in [1.165, 1.54) is 6.42 Å². The second kappa shape index (κ2) is 3.77. The predicted octanol–water partition coefficient (Wildman–Crippen LogP) is 3.54. The van der Waals surface area contributed by atoms with Crippen LogP contribution in [0.4, 0.5) is 0 Å². The van der Waals surface area contributed by atoms with Gasteiger partial charge in [-0.25, -0.2) is 0 Å². The Kier molecular flexibility index (Phi) is 3.28. The van der Waals surface area contributed by atoms with Crippen molar-refractivity contribution in [3.63, 3.8) is 0 Å². The van der Waals surface area contributed by atoms with Crippen LogP contribution in [0.3, 0.4) is 0 Å². The van der Waals surface area contributed by atoms with Crippen molar-refractivity contribution in [2.75, 3.05) is 19.5 Å². The molecule has 0 aromatic carbocycles. The first-order valence-corrected chi connectivity index (χ1v) is 8.14. The summed E-state index contributed by atoms with van der Waals surface area (Å²) in [6.07, 6.45) is 2.25. The summed E-state index contributed by atoms with van der Waals surface area (Å²) in [5.41, 5.74) is 0. The van der Waals surface area contributed by atoms with Gasteiger partial charge in [0.2, 0.25) is 0 Å². The summed E-state index contributed by atoms with van der Waals surface area (Å²) < 4.78 is 11.7. The van der Waals surface area contributed by atoms with Gasteiger partial charge in [-0.2, -0.15) is 0 Å². The van der Waals surface area contributed by atoms with Crippen LogP contribution in [0.2, 0.25) is 0 Å². The summed E-state index contributed by atoms with van der Waals surface area (Å²) in [6, 6.07) is 0. The third kappa shape index (κ3) is 2.84. The zero-order chi connectivity index (χ0) is 10.2. The molecule has 0 radical (unpaired) electrons. The Morgan fingerprint density at radius 2 is 1.69 bits per heavy atom. The fourth-order valence-corrected chi connectivity index (χ4v) is 4.27. The molecule has 0 bridgehead atoms. The lowest BCUT2D eigenvalue weighted by molar-refractivity contribution is 0.352. The minimum absolute atomic E-state index is 0.714. The minimum Gasteiger partial charge on any atom is -0.324 e. The molecule has 0 amide bonds. The second-order valence-corrected chi connectivity index (χ2v) is 8.96. The summed E-state index contributed by atoms with van der Waals surface area (Å²) in [4.78, 5) is 0. The molecular weight excluding hydrogens is 179 g/mol. The first kappa shape index (κ1) is 11.3. The third-order valence-corrected chi connectivity index (χ3v) is 5.17. The average molecular weight is 202 g/mol. The van der Waals surface area contributed by atoms with E-state index >= 15 is 0 Å². The second-order valence-electron chi connectivity index (χ2n) is 5.45. The van der Waals surface area contributed by atoms with E-state index < -0.39 is 7.14 Å². The van der Waals surface area contributed by atoms with Crippen LogP contribution in [0, 0.1) is 23.7 Å². The molecule has 0 saturated heterocycles. The Morgan fingerprint density at radius 3 is 2.00 bits per heavy atom. The fraction of sp³-hybridized carbons (Fsp3) is 1.00. The summed E-state index contributed by atoms with van der Waals surface area (Å²) in [5.74, 6) is 3.12. The Balaban J connectivity index is 2.59. The molecule has 1 saturated carbocycles. The van der Waals surface area contributed by atoms with E-state index in [9.17, 15) is 4.57 Å². The standard InChI is InChI=1S/C11H23OP/c1-8-6-11(7-13(4,5)12)10(3)9(8)2/h8-11H,6-7H2,1-5H3. The highest BCUT2D eigenvalue weighted by Crippen LogP contribution is 2.48. The van der Waals surface area contributed by atoms with Crippen molar-refractivity contribution in [2.45, 2.75) is 27.2 Å². The molecule has 0 aromatic rings. The number of rotatable bonds is 2. The van der Waals surface area contributed by atoms with Crippen LogP contribution in [0.25, 0.3) is 0 Å². The molecular formula is C11H23OP. The van der Waals surface area contributed by atoms with Gasteiger partial charge >= 0.3 is 0 Å². The topological polar surface area (TPSA) is 17.1 Å². The van der Waals surface area contributed by atoms with Crippen LogP contribution in [0.1, 0.15) is 27.2 Å². The maximum atomic E-state index is 11.7. The maximum Gasteiger partial charge on any atom is 0.0822 e. The normalized spacial score (nSPS) is 41.0. The molecule has 4 unspecified atom stereocenters. The van der Waals surface area contributed by atoms with E-state index in [0.29, 0.717) is 5.92 Å². The van der Waals surface area contributed by atoms with Gasteiger partial charge < -0.3 is 4.57 Å². The summed E-state index contributed by atoms with van der Waals surface area (Å²) in [5, 5.41) is 0. The lowest BCUT2D eigenvalue weighted by atomic mass is 9.92. The molecule has 1 fully saturated rings. The zero-order valence-corrected chi connectivity index (χ0v) is 10.5. The molecule has 1 aliphatic rings. The van der Waals surface area contributed by atoms with Crippen molar-refractivity contribution < 1.29 is 4.57 Å². The quantitative estimate of drug-likeness (QED) is 0.626. The van der Waals surface area contributed by atoms with Crippen molar-refractivity contribution >= 4 is 7.14 Å². The first-order valence-electron chi connectivity index (χ1n) is 5.35. The fourth-order valence-electron chi connectivity index (χ4n) is 2.66. The van der Waals surface area contributed by atoms with Gasteiger partial charge in [-0.3, -0.25) is 0 Å². The highest BCUT2D eigenvalue weighted by molar-refractivity contribution is 7.62. The van der Waals surface area contributed by atoms with Crippen LogP contribution in [-0.4, -0.2) is 19.5 Å². The van der Waals surface area contributed by atoms with Crippen molar-refractivity contribution in [1.29, 1.82) is 0 Å². The van der Waals surface area contributed by atoms with E-state index in [1.54, 1.807) is 0 Å². The van der Waals surface area contributed by atoms with Gasteiger partial charge in [0.25, 0.3) is 0 Å². The lowest BCUT2D eigenvalue weighted by Gasteiger charge is -2.20. The predicted molar refractivity (Wildman–Crippen MR) is 59.9 cm³/mol. The van der Waals surface area contributed by atoms with Crippen LogP contribution < -0.4 is 0 Å². The van der Waals surface area contributed by atoms with Gasteiger partial charge in [0.1, 0.15) is 0 Å². The highest BCUT2D eigenvalue weighted by Gasteiger charge is 2.36. The SMILES string of the molecule is CC1CC(CP(C)(C)=O)C(C)C1C. The monoisotopic (exact) mass is 202 g/mol. The lowest BCUT2D eigenvalue weighted by Crippen LogP contribution is -2.13. The van der Waals surface area contributed by atoms with Crippen molar-refractivity contribution in [3.05, 3.63) is 0 Å². The molecule has 0 N–H and O–H groups in total. The molecule has 0 heterocycles. The molecule has 1 aliphatic carbocycles. The van der Waals surface area contributed by atoms with E-state index in [1.807, 2.05) is 13.3 Å². The highest BCUT2D eigenvalue weighted by atomic mass is 31.2. The van der Waals surface area contributed by atoms with E-state index in [4.69, 9.17) is 0 Å². The van der Waals surface area contributed by atoms with Crippen LogP contribution in [0.15, 0.2) is 0 Å². The smallest absolute Gasteiger partial charge is 0.0822 e. The Labute approximate surface area is 82.7 Å². The van der Waals surface area contributed by atoms with Crippen molar-refractivity contribution in [3.8, 4) is 0 Å². The van der Waals surface area contributed by atoms with E-state index in [2.05, 4.69) is 20.8 Å². The zero-order valence-electron chi connectivity index (χ0n) is 9.58. The van der Waals surface area contributed by atoms with Crippen molar-refractivity contribution in [1.82, 2.24) is 0 Å². The van der Waals surface area contributed by atoms with Gasteiger partial charge in [0.05, 0.1) is 7.14 Å². The molecule has 78 valence electrons. The summed E-state index contributed by atoms with van der Waals surface area (Å²) >= 11 is 0. The molecule has 0 aromatic heterocycles. The van der Waals surface area contributed by atoms with Gasteiger partial charge in [0.15, 0.2) is 0 Å². The van der Waals surface area contributed by atoms with Crippen LogP contribution >= 0.6 is 7.14 Å². The molecule has 1 nitrogen and oxygen atoms in total. The van der Waals surface area contributed by atoms with E-state index in [0.717, 1.165) is 23.9 Å². The number of hydrogen-bond acceptors (Lipinski definition) is 1. The van der Waals surface area contributed by atoms with Gasteiger partial charge in [-0.05, 0) is 43.4 Å². The molecule has 13 heavy (non-hydrogen) atoms. The largest absolute Gasteiger partial charge is 0.324 e. The van der Waals surface area contributed by atoms with Gasteiger partial charge in [-0.1, -0.05) is 20.8 Å². The van der Waals surface area contributed by atoms with Gasteiger partial charge in [0, 0.05) is 6.16 Å². The summed E-state index contributed by atoms with van der Waals surface area (Å²) in [6.45, 7) is 10.8. The number of hydrogen-bond donors (Lipinski definition) is 0. The summed E-state index contributed by atoms with van der Waals surface area (Å²) in [7, 11) is -1.81. The van der Waals surface area contributed by atoms with E-state index in [-0.39, 0.29) is 0 Å². The Hall–Kier alpha value is 0.230. The molecule has 1 rings (SSSR count). The molecule has 0 spiro atoms. The Morgan fingerprint density at radius 1 is 1.15 bits per heavy atom. The molecule has 2 heteroatoms. The van der Waals surface area contributed by atoms with Crippen molar-refractivity contribution in [2.24, 2.45) is 23.7 Å². The van der Waals surface area contributed by atoms with Crippen LogP contribution in [-0.2, 0) is 4.57 Å². The maximum absolute atomic E-state index is 11.7.